The van der Waals surface area contributed by atoms with Gasteiger partial charge in [-0.3, -0.25) is 4.79 Å². The van der Waals surface area contributed by atoms with Gasteiger partial charge in [-0.15, -0.1) is 11.3 Å². The van der Waals surface area contributed by atoms with Gasteiger partial charge in [0.1, 0.15) is 0 Å². The zero-order valence-electron chi connectivity index (χ0n) is 9.94. The highest BCUT2D eigenvalue weighted by molar-refractivity contribution is 7.09. The number of halogens is 1. The smallest absolute Gasteiger partial charge is 0.224 e. The molecule has 3 nitrogen and oxygen atoms in total. The summed E-state index contributed by atoms with van der Waals surface area (Å²) in [4.78, 5) is 15.9. The SMILES string of the molecule is Cc1c(Cl)cccc1NC(=O)CCc1nccs1. The van der Waals surface area contributed by atoms with Crippen LogP contribution in [0.2, 0.25) is 5.02 Å². The van der Waals surface area contributed by atoms with E-state index in [1.54, 1.807) is 17.5 Å². The number of nitrogens with zero attached hydrogens (tertiary/aromatic N) is 1. The summed E-state index contributed by atoms with van der Waals surface area (Å²) in [6.45, 7) is 1.89. The number of hydrogen-bond acceptors (Lipinski definition) is 3. The van der Waals surface area contributed by atoms with Crippen LogP contribution in [0.15, 0.2) is 29.8 Å². The molecule has 1 heterocycles. The lowest BCUT2D eigenvalue weighted by Crippen LogP contribution is -2.13. The van der Waals surface area contributed by atoms with Crippen LogP contribution in [-0.4, -0.2) is 10.9 Å². The summed E-state index contributed by atoms with van der Waals surface area (Å²) in [7, 11) is 0. The summed E-state index contributed by atoms with van der Waals surface area (Å²) in [5, 5.41) is 6.42. The number of carbonyl (C=O) groups excluding carboxylic acids is 1. The van der Waals surface area contributed by atoms with Gasteiger partial charge in [0.15, 0.2) is 0 Å². The van der Waals surface area contributed by atoms with Crippen molar-refractivity contribution in [3.8, 4) is 0 Å². The van der Waals surface area contributed by atoms with Crippen molar-refractivity contribution in [1.29, 1.82) is 0 Å². The number of carbonyl (C=O) groups is 1. The number of anilines is 1. The van der Waals surface area contributed by atoms with Gasteiger partial charge in [0.05, 0.1) is 5.01 Å². The molecule has 94 valence electrons. The fourth-order valence-corrected chi connectivity index (χ4v) is 2.35. The molecule has 0 atom stereocenters. The molecular formula is C13H13ClN2OS. The third kappa shape index (κ3) is 3.31. The standard InChI is InChI=1S/C13H13ClN2OS/c1-9-10(14)3-2-4-11(9)16-12(17)5-6-13-15-7-8-18-13/h2-4,7-8H,5-6H2,1H3,(H,16,17). The van der Waals surface area contributed by atoms with E-state index in [9.17, 15) is 4.79 Å². The Bertz CT molecular complexity index is 540. The molecule has 0 aliphatic carbocycles. The highest BCUT2D eigenvalue weighted by Gasteiger charge is 2.07. The van der Waals surface area contributed by atoms with Gasteiger partial charge in [0.2, 0.25) is 5.91 Å². The Hall–Kier alpha value is -1.39. The van der Waals surface area contributed by atoms with Crippen molar-refractivity contribution in [3.05, 3.63) is 45.4 Å². The molecule has 2 rings (SSSR count). The van der Waals surface area contributed by atoms with E-state index in [0.29, 0.717) is 17.9 Å². The first-order valence-electron chi connectivity index (χ1n) is 5.60. The van der Waals surface area contributed by atoms with E-state index >= 15 is 0 Å². The predicted molar refractivity (Wildman–Crippen MR) is 75.3 cm³/mol. The second kappa shape index (κ2) is 5.98. The molecule has 18 heavy (non-hydrogen) atoms. The molecule has 0 radical (unpaired) electrons. The third-order valence-electron chi connectivity index (χ3n) is 2.59. The Kier molecular flexibility index (Phi) is 4.33. The van der Waals surface area contributed by atoms with Gasteiger partial charge < -0.3 is 5.32 Å². The van der Waals surface area contributed by atoms with Crippen LogP contribution in [0.4, 0.5) is 5.69 Å². The summed E-state index contributed by atoms with van der Waals surface area (Å²) < 4.78 is 0. The van der Waals surface area contributed by atoms with Gasteiger partial charge in [-0.1, -0.05) is 17.7 Å². The van der Waals surface area contributed by atoms with Gasteiger partial charge in [-0.05, 0) is 24.6 Å². The first-order chi connectivity index (χ1) is 8.66. The van der Waals surface area contributed by atoms with Gasteiger partial charge in [-0.25, -0.2) is 4.98 Å². The van der Waals surface area contributed by atoms with Crippen LogP contribution in [0, 0.1) is 6.92 Å². The molecule has 0 aliphatic heterocycles. The zero-order valence-corrected chi connectivity index (χ0v) is 11.5. The number of nitrogens with one attached hydrogen (secondary N) is 1. The summed E-state index contributed by atoms with van der Waals surface area (Å²) in [5.74, 6) is -0.0180. The minimum Gasteiger partial charge on any atom is -0.326 e. The van der Waals surface area contributed by atoms with E-state index in [1.165, 1.54) is 0 Å². The second-order valence-corrected chi connectivity index (χ2v) is 5.27. The largest absolute Gasteiger partial charge is 0.326 e. The zero-order chi connectivity index (χ0) is 13.0. The normalized spacial score (nSPS) is 10.3. The Balaban J connectivity index is 1.93. The van der Waals surface area contributed by atoms with E-state index in [1.807, 2.05) is 30.5 Å². The first-order valence-corrected chi connectivity index (χ1v) is 6.86. The van der Waals surface area contributed by atoms with Crippen LogP contribution < -0.4 is 5.32 Å². The van der Waals surface area contributed by atoms with E-state index in [-0.39, 0.29) is 5.91 Å². The van der Waals surface area contributed by atoms with Crippen molar-refractivity contribution in [2.45, 2.75) is 19.8 Å². The van der Waals surface area contributed by atoms with E-state index in [0.717, 1.165) is 16.3 Å². The number of benzene rings is 1. The maximum Gasteiger partial charge on any atom is 0.224 e. The Labute approximate surface area is 115 Å². The second-order valence-electron chi connectivity index (χ2n) is 3.89. The Morgan fingerprint density at radius 2 is 2.33 bits per heavy atom. The first kappa shape index (κ1) is 13.1. The maximum absolute atomic E-state index is 11.8. The van der Waals surface area contributed by atoms with E-state index in [2.05, 4.69) is 10.3 Å². The number of aryl methyl sites for hydroxylation is 1. The van der Waals surface area contributed by atoms with Gasteiger partial charge in [0.25, 0.3) is 0 Å². The summed E-state index contributed by atoms with van der Waals surface area (Å²) in [5.41, 5.74) is 1.66. The van der Waals surface area contributed by atoms with E-state index in [4.69, 9.17) is 11.6 Å². The number of hydrogen-bond donors (Lipinski definition) is 1. The Morgan fingerprint density at radius 3 is 3.06 bits per heavy atom. The monoisotopic (exact) mass is 280 g/mol. The fourth-order valence-electron chi connectivity index (χ4n) is 1.55. The van der Waals surface area contributed by atoms with Gasteiger partial charge in [-0.2, -0.15) is 0 Å². The van der Waals surface area contributed by atoms with Crippen LogP contribution in [0.5, 0.6) is 0 Å². The molecule has 0 fully saturated rings. The van der Waals surface area contributed by atoms with Crippen LogP contribution in [-0.2, 0) is 11.2 Å². The number of aromatic nitrogens is 1. The number of amides is 1. The summed E-state index contributed by atoms with van der Waals surface area (Å²) in [6.07, 6.45) is 2.85. The minimum absolute atomic E-state index is 0.0180. The highest BCUT2D eigenvalue weighted by atomic mass is 35.5. The maximum atomic E-state index is 11.8. The molecule has 0 bridgehead atoms. The third-order valence-corrected chi connectivity index (χ3v) is 3.84. The molecule has 0 saturated carbocycles. The van der Waals surface area contributed by atoms with Crippen LogP contribution in [0.1, 0.15) is 17.0 Å². The lowest BCUT2D eigenvalue weighted by Gasteiger charge is -2.08. The molecule has 1 amide bonds. The predicted octanol–water partition coefficient (Wildman–Crippen LogP) is 3.68. The summed E-state index contributed by atoms with van der Waals surface area (Å²) >= 11 is 7.56. The topological polar surface area (TPSA) is 42.0 Å². The van der Waals surface area contributed by atoms with Crippen LogP contribution in [0.3, 0.4) is 0 Å². The summed E-state index contributed by atoms with van der Waals surface area (Å²) in [6, 6.07) is 5.48. The Morgan fingerprint density at radius 1 is 1.50 bits per heavy atom. The molecule has 2 aromatic rings. The van der Waals surface area contributed by atoms with Crippen molar-refractivity contribution in [2.24, 2.45) is 0 Å². The molecule has 0 saturated heterocycles. The van der Waals surface area contributed by atoms with Crippen molar-refractivity contribution < 1.29 is 4.79 Å². The average molecular weight is 281 g/mol. The molecule has 0 spiro atoms. The van der Waals surface area contributed by atoms with Crippen molar-refractivity contribution in [1.82, 2.24) is 4.98 Å². The lowest BCUT2D eigenvalue weighted by atomic mass is 10.2. The van der Waals surface area contributed by atoms with Gasteiger partial charge in [0, 0.05) is 35.1 Å². The molecule has 0 aliphatic rings. The van der Waals surface area contributed by atoms with Gasteiger partial charge >= 0.3 is 0 Å². The quantitative estimate of drug-likeness (QED) is 0.928. The molecular weight excluding hydrogens is 268 g/mol. The number of rotatable bonds is 4. The molecule has 0 unspecified atom stereocenters. The van der Waals surface area contributed by atoms with Crippen molar-refractivity contribution >= 4 is 34.5 Å². The molecule has 1 N–H and O–H groups in total. The van der Waals surface area contributed by atoms with Crippen LogP contribution >= 0.6 is 22.9 Å². The fraction of sp³-hybridized carbons (Fsp3) is 0.231. The highest BCUT2D eigenvalue weighted by Crippen LogP contribution is 2.23. The molecule has 5 heteroatoms. The van der Waals surface area contributed by atoms with Crippen LogP contribution in [0.25, 0.3) is 0 Å². The van der Waals surface area contributed by atoms with E-state index < -0.39 is 0 Å². The average Bonchev–Trinajstić information content (AvgIpc) is 2.86. The molecule has 1 aromatic heterocycles. The minimum atomic E-state index is -0.0180. The molecule has 1 aromatic carbocycles. The lowest BCUT2D eigenvalue weighted by molar-refractivity contribution is -0.116. The number of thiazole rings is 1. The van der Waals surface area contributed by atoms with Crippen molar-refractivity contribution in [3.63, 3.8) is 0 Å². The van der Waals surface area contributed by atoms with Crippen molar-refractivity contribution in [2.75, 3.05) is 5.32 Å².